The molecule has 1 aliphatic heterocycles. The van der Waals surface area contributed by atoms with Crippen LogP contribution in [0.4, 0.5) is 11.5 Å². The number of benzene rings is 3. The first kappa shape index (κ1) is 23.5. The van der Waals surface area contributed by atoms with Gasteiger partial charge in [-0.15, -0.1) is 0 Å². The van der Waals surface area contributed by atoms with Crippen LogP contribution < -0.4 is 20.1 Å². The number of rotatable bonds is 7. The average Bonchev–Trinajstić information content (AvgIpc) is 3.34. The molecule has 1 aliphatic rings. The lowest BCUT2D eigenvalue weighted by Gasteiger charge is -2.27. The summed E-state index contributed by atoms with van der Waals surface area (Å²) in [5.41, 5.74) is 3.68. The van der Waals surface area contributed by atoms with E-state index < -0.39 is 0 Å². The van der Waals surface area contributed by atoms with E-state index >= 15 is 0 Å². The second-order valence-electron chi connectivity index (χ2n) is 8.17. The predicted molar refractivity (Wildman–Crippen MR) is 142 cm³/mol. The first-order chi connectivity index (χ1) is 17.6. The Labute approximate surface area is 214 Å². The number of ether oxygens (including phenoxy) is 2. The van der Waals surface area contributed by atoms with Gasteiger partial charge in [-0.05, 0) is 61.0 Å². The van der Waals surface area contributed by atoms with Crippen molar-refractivity contribution in [2.24, 2.45) is 0 Å². The number of allylic oxidation sites excluding steroid dienone is 1. The van der Waals surface area contributed by atoms with Gasteiger partial charge in [0.25, 0.3) is 5.91 Å². The van der Waals surface area contributed by atoms with Gasteiger partial charge in [0.05, 0.1) is 19.9 Å². The fourth-order valence-electron chi connectivity index (χ4n) is 4.16. The molecule has 1 amide bonds. The number of methoxy groups -OCH3 is 1. The molecule has 1 aromatic heterocycles. The maximum atomic E-state index is 13.3. The van der Waals surface area contributed by atoms with E-state index in [2.05, 4.69) is 15.7 Å². The van der Waals surface area contributed by atoms with E-state index in [9.17, 15) is 4.79 Å². The van der Waals surface area contributed by atoms with Crippen LogP contribution >= 0.6 is 11.6 Å². The van der Waals surface area contributed by atoms with Crippen LogP contribution in [0.15, 0.2) is 85.1 Å². The fourth-order valence-corrected chi connectivity index (χ4v) is 4.40. The van der Waals surface area contributed by atoms with Crippen molar-refractivity contribution in [1.82, 2.24) is 9.78 Å². The Bertz CT molecular complexity index is 1430. The number of carbonyl (C=O) groups is 1. The van der Waals surface area contributed by atoms with Crippen molar-refractivity contribution in [2.75, 3.05) is 24.4 Å². The van der Waals surface area contributed by atoms with Crippen LogP contribution in [0, 0.1) is 0 Å². The number of carbonyl (C=O) groups excluding carboxylic acids is 1. The van der Waals surface area contributed by atoms with Crippen LogP contribution in [0.25, 0.3) is 5.70 Å². The molecule has 5 rings (SSSR count). The summed E-state index contributed by atoms with van der Waals surface area (Å²) >= 11 is 6.58. The number of nitrogens with one attached hydrogen (secondary N) is 2. The predicted octanol–water partition coefficient (Wildman–Crippen LogP) is 6.25. The lowest BCUT2D eigenvalue weighted by Crippen LogP contribution is -2.22. The quantitative estimate of drug-likeness (QED) is 0.313. The van der Waals surface area contributed by atoms with Crippen LogP contribution in [0.2, 0.25) is 5.02 Å². The molecule has 0 saturated heterocycles. The molecular formula is C28H25ClN4O3. The van der Waals surface area contributed by atoms with Gasteiger partial charge in [0.15, 0.2) is 0 Å². The summed E-state index contributed by atoms with van der Waals surface area (Å²) in [6.07, 6.45) is 3.61. The normalized spacial score (nSPS) is 14.3. The van der Waals surface area contributed by atoms with Gasteiger partial charge in [0.2, 0.25) is 0 Å². The summed E-state index contributed by atoms with van der Waals surface area (Å²) in [6.45, 7) is 2.51. The molecule has 182 valence electrons. The minimum atomic E-state index is -0.317. The van der Waals surface area contributed by atoms with Crippen LogP contribution in [-0.2, 0) is 0 Å². The molecule has 0 aliphatic carbocycles. The first-order valence-electron chi connectivity index (χ1n) is 11.6. The van der Waals surface area contributed by atoms with Crippen LogP contribution in [-0.4, -0.2) is 29.4 Å². The molecule has 0 spiro atoms. The minimum absolute atomic E-state index is 0.280. The standard InChI is InChI=1S/C28H25ClN4O3/c1-3-36-20-13-11-19(12-14-20)31-28(34)23-17-30-33-26(22-9-4-5-10-24(22)29)16-25(32-27(23)33)18-7-6-8-21(15-18)35-2/h4-17,26,32H,3H2,1-2H3,(H,31,34). The van der Waals surface area contributed by atoms with E-state index in [1.807, 2.05) is 73.7 Å². The van der Waals surface area contributed by atoms with Crippen molar-refractivity contribution in [3.63, 3.8) is 0 Å². The Morgan fingerprint density at radius 2 is 1.89 bits per heavy atom. The lowest BCUT2D eigenvalue weighted by atomic mass is 10.0. The number of aromatic nitrogens is 2. The zero-order chi connectivity index (χ0) is 25.1. The summed E-state index contributed by atoms with van der Waals surface area (Å²) in [5, 5.41) is 11.5. The highest BCUT2D eigenvalue weighted by molar-refractivity contribution is 6.31. The Balaban J connectivity index is 1.52. The van der Waals surface area contributed by atoms with Gasteiger partial charge >= 0.3 is 0 Å². The van der Waals surface area contributed by atoms with Gasteiger partial charge < -0.3 is 20.1 Å². The smallest absolute Gasteiger partial charge is 0.261 e. The molecular weight excluding hydrogens is 476 g/mol. The number of anilines is 2. The van der Waals surface area contributed by atoms with Crippen LogP contribution in [0.5, 0.6) is 11.5 Å². The van der Waals surface area contributed by atoms with Crippen molar-refractivity contribution in [2.45, 2.75) is 13.0 Å². The van der Waals surface area contributed by atoms with E-state index in [4.69, 9.17) is 21.1 Å². The highest BCUT2D eigenvalue weighted by atomic mass is 35.5. The molecule has 1 atom stereocenters. The van der Waals surface area contributed by atoms with E-state index in [1.54, 1.807) is 30.1 Å². The number of hydrogen-bond donors (Lipinski definition) is 2. The fraction of sp³-hybridized carbons (Fsp3) is 0.143. The summed E-state index contributed by atoms with van der Waals surface area (Å²) < 4.78 is 12.7. The number of hydrogen-bond acceptors (Lipinski definition) is 5. The Hall–Kier alpha value is -4.23. The molecule has 2 N–H and O–H groups in total. The summed E-state index contributed by atoms with van der Waals surface area (Å²) in [4.78, 5) is 13.3. The van der Waals surface area contributed by atoms with Crippen molar-refractivity contribution in [3.8, 4) is 11.5 Å². The van der Waals surface area contributed by atoms with E-state index in [1.165, 1.54) is 0 Å². The average molecular weight is 501 g/mol. The highest BCUT2D eigenvalue weighted by Gasteiger charge is 2.29. The molecule has 7 nitrogen and oxygen atoms in total. The van der Waals surface area contributed by atoms with Gasteiger partial charge in [-0.25, -0.2) is 4.68 Å². The van der Waals surface area contributed by atoms with Crippen molar-refractivity contribution in [1.29, 1.82) is 0 Å². The maximum absolute atomic E-state index is 13.3. The monoisotopic (exact) mass is 500 g/mol. The molecule has 0 fully saturated rings. The van der Waals surface area contributed by atoms with Crippen molar-refractivity contribution < 1.29 is 14.3 Å². The van der Waals surface area contributed by atoms with Gasteiger partial charge in [-0.2, -0.15) is 5.10 Å². The topological polar surface area (TPSA) is 77.4 Å². The molecule has 36 heavy (non-hydrogen) atoms. The third-order valence-electron chi connectivity index (χ3n) is 5.91. The second kappa shape index (κ2) is 10.2. The highest BCUT2D eigenvalue weighted by Crippen LogP contribution is 2.38. The molecule has 1 unspecified atom stereocenters. The minimum Gasteiger partial charge on any atom is -0.497 e. The van der Waals surface area contributed by atoms with E-state index in [-0.39, 0.29) is 11.9 Å². The molecule has 3 aromatic carbocycles. The number of halogens is 1. The number of fused-ring (bicyclic) bond motifs is 1. The van der Waals surface area contributed by atoms with E-state index in [0.717, 1.165) is 28.3 Å². The molecule has 2 heterocycles. The number of amides is 1. The third-order valence-corrected chi connectivity index (χ3v) is 6.25. The molecule has 8 heteroatoms. The maximum Gasteiger partial charge on any atom is 0.261 e. The molecule has 0 saturated carbocycles. The summed E-state index contributed by atoms with van der Waals surface area (Å²) in [6, 6.07) is 22.3. The van der Waals surface area contributed by atoms with Crippen LogP contribution in [0.3, 0.4) is 0 Å². The second-order valence-corrected chi connectivity index (χ2v) is 8.57. The Morgan fingerprint density at radius 1 is 1.08 bits per heavy atom. The third kappa shape index (κ3) is 4.65. The van der Waals surface area contributed by atoms with Crippen molar-refractivity contribution >= 4 is 34.7 Å². The largest absolute Gasteiger partial charge is 0.497 e. The molecule has 4 aromatic rings. The zero-order valence-electron chi connectivity index (χ0n) is 19.9. The van der Waals surface area contributed by atoms with Gasteiger partial charge in [0.1, 0.15) is 28.9 Å². The summed E-state index contributed by atoms with van der Waals surface area (Å²) in [5.74, 6) is 1.77. The Kier molecular flexibility index (Phi) is 6.64. The molecule has 0 radical (unpaired) electrons. The Morgan fingerprint density at radius 3 is 2.64 bits per heavy atom. The number of nitrogens with zero attached hydrogens (tertiary/aromatic N) is 2. The molecule has 0 bridgehead atoms. The SMILES string of the molecule is CCOc1ccc(NC(=O)c2cnn3c2NC(c2cccc(OC)c2)=CC3c2ccccc2Cl)cc1. The van der Waals surface area contributed by atoms with E-state index in [0.29, 0.717) is 28.7 Å². The lowest BCUT2D eigenvalue weighted by molar-refractivity contribution is 0.102. The first-order valence-corrected chi connectivity index (χ1v) is 11.9. The van der Waals surface area contributed by atoms with Crippen LogP contribution in [0.1, 0.15) is 34.5 Å². The van der Waals surface area contributed by atoms with Gasteiger partial charge in [-0.3, -0.25) is 4.79 Å². The van der Waals surface area contributed by atoms with Gasteiger partial charge in [-0.1, -0.05) is 41.9 Å². The van der Waals surface area contributed by atoms with Gasteiger partial charge in [0, 0.05) is 22.0 Å². The van der Waals surface area contributed by atoms with Crippen molar-refractivity contribution in [3.05, 3.63) is 107 Å². The summed E-state index contributed by atoms with van der Waals surface area (Å²) in [7, 11) is 1.63. The zero-order valence-corrected chi connectivity index (χ0v) is 20.6.